The highest BCUT2D eigenvalue weighted by Gasteiger charge is 2.35. The van der Waals surface area contributed by atoms with E-state index in [0.29, 0.717) is 28.5 Å². The Balaban J connectivity index is 1.64. The molecule has 0 aliphatic heterocycles. The second-order valence-electron chi connectivity index (χ2n) is 7.87. The molecule has 36 heavy (non-hydrogen) atoms. The predicted molar refractivity (Wildman–Crippen MR) is 129 cm³/mol. The number of aryl methyl sites for hydroxylation is 1. The van der Waals surface area contributed by atoms with E-state index in [1.54, 1.807) is 37.4 Å². The quantitative estimate of drug-likeness (QED) is 0.337. The molecule has 0 fully saturated rings. The summed E-state index contributed by atoms with van der Waals surface area (Å²) in [6.45, 7) is -0.195. The average molecular weight is 523 g/mol. The highest BCUT2D eigenvalue weighted by molar-refractivity contribution is 7.92. The van der Waals surface area contributed by atoms with Crippen molar-refractivity contribution < 1.29 is 21.6 Å². The monoisotopic (exact) mass is 522 g/mol. The summed E-state index contributed by atoms with van der Waals surface area (Å²) >= 11 is 0. The lowest BCUT2D eigenvalue weighted by Gasteiger charge is -2.20. The van der Waals surface area contributed by atoms with Gasteiger partial charge in [0.05, 0.1) is 17.3 Å². The number of nitrogens with zero attached hydrogens (tertiary/aromatic N) is 5. The van der Waals surface area contributed by atoms with Crippen LogP contribution in [-0.2, 0) is 29.8 Å². The summed E-state index contributed by atoms with van der Waals surface area (Å²) in [7, 11) is -0.746. The van der Waals surface area contributed by atoms with Crippen LogP contribution in [0.3, 0.4) is 0 Å². The SMILES string of the molecule is CN(c1ncccc1CNc1nc(Nc2ccc3c(c2)[nH]c(=O)n3C)ncc1C(F)(F)F)S(C)(=O)=O. The molecule has 0 aliphatic carbocycles. The predicted octanol–water partition coefficient (Wildman–Crippen LogP) is 2.82. The summed E-state index contributed by atoms with van der Waals surface area (Å²) in [5.41, 5.74) is 0.544. The van der Waals surface area contributed by atoms with Gasteiger partial charge in [-0.05, 0) is 24.3 Å². The molecular formula is C21H21F3N8O3S. The number of aromatic nitrogens is 5. The van der Waals surface area contributed by atoms with Gasteiger partial charge in [0, 0.05) is 44.3 Å². The van der Waals surface area contributed by atoms with Gasteiger partial charge in [-0.15, -0.1) is 0 Å². The Hall–Kier alpha value is -4.14. The maximum absolute atomic E-state index is 13.6. The van der Waals surface area contributed by atoms with Crippen molar-refractivity contribution in [3.63, 3.8) is 0 Å². The van der Waals surface area contributed by atoms with Crippen LogP contribution in [0.5, 0.6) is 0 Å². The number of alkyl halides is 3. The Bertz CT molecular complexity index is 1600. The number of nitrogens with one attached hydrogen (secondary N) is 3. The van der Waals surface area contributed by atoms with Gasteiger partial charge in [0.2, 0.25) is 16.0 Å². The molecule has 0 unspecified atom stereocenters. The first-order valence-corrected chi connectivity index (χ1v) is 12.2. The molecule has 4 aromatic rings. The molecule has 3 aromatic heterocycles. The number of hydrogen-bond acceptors (Lipinski definition) is 8. The molecule has 0 saturated heterocycles. The number of imidazole rings is 1. The van der Waals surface area contributed by atoms with Crippen LogP contribution in [0.15, 0.2) is 47.5 Å². The fourth-order valence-corrected chi connectivity index (χ4v) is 3.89. The molecule has 0 bridgehead atoms. The number of aromatic amines is 1. The molecule has 4 rings (SSSR count). The molecule has 190 valence electrons. The summed E-state index contributed by atoms with van der Waals surface area (Å²) < 4.78 is 67.1. The fourth-order valence-electron chi connectivity index (χ4n) is 3.42. The van der Waals surface area contributed by atoms with Crippen LogP contribution in [0.4, 0.5) is 36.4 Å². The fraction of sp³-hybridized carbons (Fsp3) is 0.238. The lowest BCUT2D eigenvalue weighted by Crippen LogP contribution is -2.27. The van der Waals surface area contributed by atoms with Gasteiger partial charge in [0.1, 0.15) is 17.2 Å². The molecule has 0 spiro atoms. The van der Waals surface area contributed by atoms with Gasteiger partial charge in [0.25, 0.3) is 0 Å². The van der Waals surface area contributed by atoms with E-state index in [1.807, 2.05) is 0 Å². The second-order valence-corrected chi connectivity index (χ2v) is 9.88. The highest BCUT2D eigenvalue weighted by atomic mass is 32.2. The maximum Gasteiger partial charge on any atom is 0.421 e. The molecule has 0 saturated carbocycles. The third-order valence-corrected chi connectivity index (χ3v) is 6.53. The maximum atomic E-state index is 13.6. The minimum absolute atomic E-state index is 0.0682. The van der Waals surface area contributed by atoms with Crippen molar-refractivity contribution in [3.8, 4) is 0 Å². The highest BCUT2D eigenvalue weighted by Crippen LogP contribution is 2.34. The molecule has 1 aromatic carbocycles. The topological polar surface area (TPSA) is 138 Å². The number of anilines is 4. The van der Waals surface area contributed by atoms with Crippen LogP contribution in [0.1, 0.15) is 11.1 Å². The number of benzene rings is 1. The Labute approximate surface area is 203 Å². The molecule has 0 aliphatic rings. The van der Waals surface area contributed by atoms with E-state index in [2.05, 4.69) is 30.6 Å². The summed E-state index contributed by atoms with van der Waals surface area (Å²) in [5.74, 6) is -0.563. The normalized spacial score (nSPS) is 12.1. The number of hydrogen-bond donors (Lipinski definition) is 3. The zero-order valence-corrected chi connectivity index (χ0v) is 20.1. The van der Waals surface area contributed by atoms with Crippen molar-refractivity contribution in [2.45, 2.75) is 12.7 Å². The van der Waals surface area contributed by atoms with E-state index in [0.717, 1.165) is 10.6 Å². The molecule has 11 nitrogen and oxygen atoms in total. The molecule has 15 heteroatoms. The molecule has 3 heterocycles. The van der Waals surface area contributed by atoms with Crippen LogP contribution in [0, 0.1) is 0 Å². The first-order valence-electron chi connectivity index (χ1n) is 10.4. The van der Waals surface area contributed by atoms with Crippen LogP contribution in [-0.4, -0.2) is 46.2 Å². The smallest absolute Gasteiger partial charge is 0.365 e. The molecule has 0 amide bonds. The molecule has 3 N–H and O–H groups in total. The van der Waals surface area contributed by atoms with Crippen LogP contribution in [0.25, 0.3) is 11.0 Å². The molecular weight excluding hydrogens is 501 g/mol. The lowest BCUT2D eigenvalue weighted by atomic mass is 10.2. The third-order valence-electron chi connectivity index (χ3n) is 5.36. The summed E-state index contributed by atoms with van der Waals surface area (Å²) in [4.78, 5) is 26.3. The minimum Gasteiger partial charge on any atom is -0.365 e. The number of halogens is 3. The summed E-state index contributed by atoms with van der Waals surface area (Å²) in [5, 5.41) is 5.46. The third kappa shape index (κ3) is 5.10. The van der Waals surface area contributed by atoms with Crippen molar-refractivity contribution in [1.29, 1.82) is 0 Å². The van der Waals surface area contributed by atoms with Gasteiger partial charge >= 0.3 is 11.9 Å². The summed E-state index contributed by atoms with van der Waals surface area (Å²) in [6, 6.07) is 7.99. The largest absolute Gasteiger partial charge is 0.421 e. The van der Waals surface area contributed by atoms with E-state index in [9.17, 15) is 26.4 Å². The second kappa shape index (κ2) is 9.14. The zero-order valence-electron chi connectivity index (χ0n) is 19.3. The van der Waals surface area contributed by atoms with E-state index in [1.165, 1.54) is 17.8 Å². The zero-order chi connectivity index (χ0) is 26.3. The van der Waals surface area contributed by atoms with E-state index in [4.69, 9.17) is 0 Å². The number of sulfonamides is 1. The van der Waals surface area contributed by atoms with E-state index < -0.39 is 27.6 Å². The van der Waals surface area contributed by atoms with Gasteiger partial charge in [-0.3, -0.25) is 8.87 Å². The minimum atomic E-state index is -4.75. The first kappa shape index (κ1) is 25.0. The standard InChI is InChI=1S/C21H21F3N8O3S/c1-31-16-7-6-13(9-15(16)29-20(31)33)28-19-27-11-14(21(22,23)24)17(30-19)26-10-12-5-4-8-25-18(12)32(2)36(3,34)35/h4-9,11H,10H2,1-3H3,(H,29,33)(H2,26,27,28,30). The molecule has 0 radical (unpaired) electrons. The van der Waals surface area contributed by atoms with Gasteiger partial charge in [-0.1, -0.05) is 6.07 Å². The Morgan fingerprint density at radius 2 is 1.94 bits per heavy atom. The van der Waals surface area contributed by atoms with E-state index >= 15 is 0 Å². The number of pyridine rings is 1. The number of rotatable bonds is 7. The summed E-state index contributed by atoms with van der Waals surface area (Å²) in [6.07, 6.45) is -1.73. The Morgan fingerprint density at radius 3 is 2.64 bits per heavy atom. The van der Waals surface area contributed by atoms with Crippen molar-refractivity contribution in [1.82, 2.24) is 24.5 Å². The Kier molecular flexibility index (Phi) is 6.34. The van der Waals surface area contributed by atoms with Crippen molar-refractivity contribution >= 4 is 44.3 Å². The van der Waals surface area contributed by atoms with Gasteiger partial charge in [0.15, 0.2) is 0 Å². The van der Waals surface area contributed by atoms with Crippen molar-refractivity contribution in [3.05, 3.63) is 64.3 Å². The van der Waals surface area contributed by atoms with Gasteiger partial charge in [-0.25, -0.2) is 23.2 Å². The van der Waals surface area contributed by atoms with Crippen LogP contribution in [0.2, 0.25) is 0 Å². The number of fused-ring (bicyclic) bond motifs is 1. The van der Waals surface area contributed by atoms with Crippen LogP contribution >= 0.6 is 0 Å². The van der Waals surface area contributed by atoms with E-state index in [-0.39, 0.29) is 24.0 Å². The van der Waals surface area contributed by atoms with Crippen molar-refractivity contribution in [2.75, 3.05) is 28.2 Å². The van der Waals surface area contributed by atoms with Gasteiger partial charge in [-0.2, -0.15) is 18.2 Å². The number of H-pyrrole nitrogens is 1. The average Bonchev–Trinajstić information content (AvgIpc) is 3.09. The Morgan fingerprint density at radius 1 is 1.19 bits per heavy atom. The van der Waals surface area contributed by atoms with Gasteiger partial charge < -0.3 is 15.6 Å². The first-order chi connectivity index (χ1) is 16.8. The lowest BCUT2D eigenvalue weighted by molar-refractivity contribution is -0.137. The van der Waals surface area contributed by atoms with Crippen molar-refractivity contribution in [2.24, 2.45) is 7.05 Å². The molecule has 0 atom stereocenters. The van der Waals surface area contributed by atoms with Crippen LogP contribution < -0.4 is 20.6 Å².